The van der Waals surface area contributed by atoms with Gasteiger partial charge >= 0.3 is 0 Å². The first-order valence-corrected chi connectivity index (χ1v) is 6.09. The summed E-state index contributed by atoms with van der Waals surface area (Å²) < 4.78 is 5.92. The predicted octanol–water partition coefficient (Wildman–Crippen LogP) is 3.99. The molecular formula is C16H16O. The van der Waals surface area contributed by atoms with Gasteiger partial charge in [0.1, 0.15) is 11.9 Å². The molecule has 2 aromatic carbocycles. The van der Waals surface area contributed by atoms with Crippen LogP contribution in [0.15, 0.2) is 42.5 Å². The molecule has 0 amide bonds. The van der Waals surface area contributed by atoms with Crippen molar-refractivity contribution in [2.75, 3.05) is 0 Å². The van der Waals surface area contributed by atoms with E-state index < -0.39 is 0 Å². The molecule has 1 atom stereocenters. The highest BCUT2D eigenvalue weighted by molar-refractivity contribution is 5.73. The SMILES string of the molecule is Cc1ccc(-c2cccc3c2OC(C)C3)cc1. The van der Waals surface area contributed by atoms with Gasteiger partial charge in [0.2, 0.25) is 0 Å². The van der Waals surface area contributed by atoms with E-state index in [4.69, 9.17) is 4.74 Å². The van der Waals surface area contributed by atoms with E-state index in [9.17, 15) is 0 Å². The van der Waals surface area contributed by atoms with E-state index in [0.29, 0.717) is 6.10 Å². The highest BCUT2D eigenvalue weighted by atomic mass is 16.5. The van der Waals surface area contributed by atoms with Crippen LogP contribution in [-0.2, 0) is 6.42 Å². The molecule has 0 spiro atoms. The first-order valence-electron chi connectivity index (χ1n) is 6.09. The fraction of sp³-hybridized carbons (Fsp3) is 0.250. The number of rotatable bonds is 1. The normalized spacial score (nSPS) is 17.6. The van der Waals surface area contributed by atoms with Crippen molar-refractivity contribution < 1.29 is 4.74 Å². The molecule has 17 heavy (non-hydrogen) atoms. The highest BCUT2D eigenvalue weighted by Crippen LogP contribution is 2.38. The predicted molar refractivity (Wildman–Crippen MR) is 70.4 cm³/mol. The lowest BCUT2D eigenvalue weighted by Gasteiger charge is -2.09. The van der Waals surface area contributed by atoms with E-state index in [-0.39, 0.29) is 0 Å². The van der Waals surface area contributed by atoms with Gasteiger partial charge in [-0.2, -0.15) is 0 Å². The molecule has 0 N–H and O–H groups in total. The van der Waals surface area contributed by atoms with Gasteiger partial charge in [-0.1, -0.05) is 48.0 Å². The van der Waals surface area contributed by atoms with E-state index >= 15 is 0 Å². The summed E-state index contributed by atoms with van der Waals surface area (Å²) in [7, 11) is 0. The Hall–Kier alpha value is -1.76. The number of ether oxygens (including phenoxy) is 1. The molecule has 86 valence electrons. The van der Waals surface area contributed by atoms with Crippen LogP contribution >= 0.6 is 0 Å². The Morgan fingerprint density at radius 1 is 1.06 bits per heavy atom. The second kappa shape index (κ2) is 3.92. The average Bonchev–Trinajstić information content (AvgIpc) is 2.70. The molecule has 1 heterocycles. The molecule has 2 aromatic rings. The maximum absolute atomic E-state index is 5.92. The maximum Gasteiger partial charge on any atom is 0.130 e. The maximum atomic E-state index is 5.92. The van der Waals surface area contributed by atoms with Gasteiger partial charge in [0.25, 0.3) is 0 Å². The molecule has 3 rings (SSSR count). The van der Waals surface area contributed by atoms with Gasteiger partial charge in [-0.25, -0.2) is 0 Å². The smallest absolute Gasteiger partial charge is 0.130 e. The number of aryl methyl sites for hydroxylation is 1. The van der Waals surface area contributed by atoms with Crippen molar-refractivity contribution in [3.63, 3.8) is 0 Å². The zero-order valence-electron chi connectivity index (χ0n) is 10.2. The van der Waals surface area contributed by atoms with Crippen molar-refractivity contribution in [1.29, 1.82) is 0 Å². The summed E-state index contributed by atoms with van der Waals surface area (Å²) >= 11 is 0. The Balaban J connectivity index is 2.10. The lowest BCUT2D eigenvalue weighted by molar-refractivity contribution is 0.255. The summed E-state index contributed by atoms with van der Waals surface area (Å²) in [6.07, 6.45) is 1.33. The summed E-state index contributed by atoms with van der Waals surface area (Å²) in [6.45, 7) is 4.23. The lowest BCUT2D eigenvalue weighted by Crippen LogP contribution is -2.05. The minimum Gasteiger partial charge on any atom is -0.489 e. The van der Waals surface area contributed by atoms with Crippen LogP contribution in [0.5, 0.6) is 5.75 Å². The third-order valence-corrected chi connectivity index (χ3v) is 3.29. The molecule has 0 fully saturated rings. The minimum atomic E-state index is 0.302. The van der Waals surface area contributed by atoms with Crippen LogP contribution in [0.4, 0.5) is 0 Å². The summed E-state index contributed by atoms with van der Waals surface area (Å²) in [6, 6.07) is 15.0. The zero-order valence-corrected chi connectivity index (χ0v) is 10.2. The van der Waals surface area contributed by atoms with Crippen molar-refractivity contribution in [1.82, 2.24) is 0 Å². The van der Waals surface area contributed by atoms with Crippen LogP contribution in [0, 0.1) is 6.92 Å². The minimum absolute atomic E-state index is 0.302. The molecule has 0 radical (unpaired) electrons. The fourth-order valence-electron chi connectivity index (χ4n) is 2.40. The van der Waals surface area contributed by atoms with Crippen molar-refractivity contribution >= 4 is 0 Å². The van der Waals surface area contributed by atoms with E-state index in [1.54, 1.807) is 0 Å². The summed E-state index contributed by atoms with van der Waals surface area (Å²) in [5, 5.41) is 0. The van der Waals surface area contributed by atoms with Crippen molar-refractivity contribution in [3.8, 4) is 16.9 Å². The fourth-order valence-corrected chi connectivity index (χ4v) is 2.40. The number of para-hydroxylation sites is 1. The third kappa shape index (κ3) is 1.82. The Morgan fingerprint density at radius 2 is 1.82 bits per heavy atom. The number of hydrogen-bond acceptors (Lipinski definition) is 1. The van der Waals surface area contributed by atoms with Crippen LogP contribution < -0.4 is 4.74 Å². The highest BCUT2D eigenvalue weighted by Gasteiger charge is 2.21. The number of hydrogen-bond donors (Lipinski definition) is 0. The molecule has 1 heteroatoms. The molecular weight excluding hydrogens is 208 g/mol. The van der Waals surface area contributed by atoms with E-state index in [2.05, 4.69) is 56.3 Å². The second-order valence-electron chi connectivity index (χ2n) is 4.79. The number of benzene rings is 2. The van der Waals surface area contributed by atoms with Crippen LogP contribution in [0.3, 0.4) is 0 Å². The standard InChI is InChI=1S/C16H16O/c1-11-6-8-13(9-7-11)15-5-3-4-14-10-12(2)17-16(14)15/h3-9,12H,10H2,1-2H3. The molecule has 1 unspecified atom stereocenters. The third-order valence-electron chi connectivity index (χ3n) is 3.29. The summed E-state index contributed by atoms with van der Waals surface area (Å²) in [5.41, 5.74) is 5.07. The van der Waals surface area contributed by atoms with Crippen molar-refractivity contribution in [2.24, 2.45) is 0 Å². The van der Waals surface area contributed by atoms with E-state index in [1.807, 2.05) is 0 Å². The molecule has 0 aromatic heterocycles. The van der Waals surface area contributed by atoms with Gasteiger partial charge in [0.05, 0.1) is 0 Å². The molecule has 0 saturated heterocycles. The first-order chi connectivity index (χ1) is 8.24. The van der Waals surface area contributed by atoms with Gasteiger partial charge in [-0.15, -0.1) is 0 Å². The number of fused-ring (bicyclic) bond motifs is 1. The largest absolute Gasteiger partial charge is 0.489 e. The van der Waals surface area contributed by atoms with Gasteiger partial charge in [-0.05, 0) is 25.0 Å². The van der Waals surface area contributed by atoms with Crippen LogP contribution in [-0.4, -0.2) is 6.10 Å². The topological polar surface area (TPSA) is 9.23 Å². The van der Waals surface area contributed by atoms with E-state index in [0.717, 1.165) is 12.2 Å². The first kappa shape index (κ1) is 10.4. The Bertz CT molecular complexity index is 540. The summed E-state index contributed by atoms with van der Waals surface area (Å²) in [5.74, 6) is 1.07. The van der Waals surface area contributed by atoms with Crippen molar-refractivity contribution in [3.05, 3.63) is 53.6 Å². The van der Waals surface area contributed by atoms with Crippen LogP contribution in [0.25, 0.3) is 11.1 Å². The molecule has 1 nitrogen and oxygen atoms in total. The van der Waals surface area contributed by atoms with E-state index in [1.165, 1.54) is 22.3 Å². The molecule has 0 bridgehead atoms. The molecule has 0 aliphatic carbocycles. The van der Waals surface area contributed by atoms with Crippen molar-refractivity contribution in [2.45, 2.75) is 26.4 Å². The van der Waals surface area contributed by atoms with Gasteiger partial charge in [0, 0.05) is 12.0 Å². The Kier molecular flexibility index (Phi) is 2.40. The summed E-state index contributed by atoms with van der Waals surface area (Å²) in [4.78, 5) is 0. The Morgan fingerprint density at radius 3 is 2.59 bits per heavy atom. The second-order valence-corrected chi connectivity index (χ2v) is 4.79. The lowest BCUT2D eigenvalue weighted by atomic mass is 10.00. The monoisotopic (exact) mass is 224 g/mol. The van der Waals surface area contributed by atoms with Gasteiger partial charge in [-0.3, -0.25) is 0 Å². The molecule has 1 aliphatic heterocycles. The molecule has 1 aliphatic rings. The van der Waals surface area contributed by atoms with Crippen LogP contribution in [0.2, 0.25) is 0 Å². The van der Waals surface area contributed by atoms with Crippen LogP contribution in [0.1, 0.15) is 18.1 Å². The Labute approximate surface area is 102 Å². The van der Waals surface area contributed by atoms with Gasteiger partial charge < -0.3 is 4.74 Å². The average molecular weight is 224 g/mol. The quantitative estimate of drug-likeness (QED) is 0.711. The van der Waals surface area contributed by atoms with Gasteiger partial charge in [0.15, 0.2) is 0 Å². The zero-order chi connectivity index (χ0) is 11.8. The molecule has 0 saturated carbocycles.